The maximum Gasteiger partial charge on any atom is 0.241 e. The Hall–Kier alpha value is -1.62. The summed E-state index contributed by atoms with van der Waals surface area (Å²) >= 11 is 0. The second-order valence-corrected chi connectivity index (χ2v) is 5.54. The number of nitrogens with zero attached hydrogens (tertiary/aromatic N) is 2. The zero-order chi connectivity index (χ0) is 15.2. The van der Waals surface area contributed by atoms with Gasteiger partial charge in [-0.25, -0.2) is 4.39 Å². The van der Waals surface area contributed by atoms with Crippen LogP contribution in [0.2, 0.25) is 0 Å². The standard InChI is InChI=1S/C16H24FN3O/c1-3-7-18-11-13-10-14(17)5-6-15(13)20-9-4-8-19(2)16(21)12-20/h5-6,10,18H,3-4,7-9,11-12H2,1-2H3. The molecule has 1 heterocycles. The van der Waals surface area contributed by atoms with Gasteiger partial charge in [0.2, 0.25) is 5.91 Å². The molecule has 1 amide bonds. The Kier molecular flexibility index (Phi) is 5.56. The molecule has 0 saturated carbocycles. The van der Waals surface area contributed by atoms with Crippen molar-refractivity contribution < 1.29 is 9.18 Å². The van der Waals surface area contributed by atoms with Crippen LogP contribution in [0.15, 0.2) is 18.2 Å². The predicted octanol–water partition coefficient (Wildman–Crippen LogP) is 1.99. The fourth-order valence-corrected chi connectivity index (χ4v) is 2.60. The number of amides is 1. The minimum absolute atomic E-state index is 0.115. The molecule has 0 aromatic heterocycles. The van der Waals surface area contributed by atoms with Gasteiger partial charge in [0.15, 0.2) is 0 Å². The number of hydrogen-bond donors (Lipinski definition) is 1. The quantitative estimate of drug-likeness (QED) is 0.843. The van der Waals surface area contributed by atoms with Gasteiger partial charge in [-0.15, -0.1) is 0 Å². The molecule has 21 heavy (non-hydrogen) atoms. The monoisotopic (exact) mass is 293 g/mol. The molecule has 4 nitrogen and oxygen atoms in total. The summed E-state index contributed by atoms with van der Waals surface area (Å²) in [7, 11) is 1.83. The summed E-state index contributed by atoms with van der Waals surface area (Å²) < 4.78 is 13.5. The highest BCUT2D eigenvalue weighted by atomic mass is 19.1. The van der Waals surface area contributed by atoms with E-state index in [9.17, 15) is 9.18 Å². The first kappa shape index (κ1) is 15.8. The Morgan fingerprint density at radius 3 is 2.90 bits per heavy atom. The van der Waals surface area contributed by atoms with Crippen molar-refractivity contribution in [2.75, 3.05) is 38.1 Å². The molecule has 2 rings (SSSR count). The lowest BCUT2D eigenvalue weighted by Gasteiger charge is -2.25. The van der Waals surface area contributed by atoms with E-state index in [1.807, 2.05) is 7.05 Å². The summed E-state index contributed by atoms with van der Waals surface area (Å²) in [5.74, 6) is -0.116. The minimum Gasteiger partial charge on any atom is -0.362 e. The molecule has 1 fully saturated rings. The number of hydrogen-bond acceptors (Lipinski definition) is 3. The Morgan fingerprint density at radius 1 is 1.33 bits per heavy atom. The van der Waals surface area contributed by atoms with Crippen molar-refractivity contribution >= 4 is 11.6 Å². The average molecular weight is 293 g/mol. The van der Waals surface area contributed by atoms with Crippen molar-refractivity contribution in [3.63, 3.8) is 0 Å². The van der Waals surface area contributed by atoms with Crippen LogP contribution >= 0.6 is 0 Å². The fourth-order valence-electron chi connectivity index (χ4n) is 2.60. The van der Waals surface area contributed by atoms with Crippen LogP contribution in [0.4, 0.5) is 10.1 Å². The minimum atomic E-state index is -0.231. The number of anilines is 1. The zero-order valence-electron chi connectivity index (χ0n) is 12.9. The van der Waals surface area contributed by atoms with Crippen LogP contribution in [0.5, 0.6) is 0 Å². The molecular formula is C16H24FN3O. The van der Waals surface area contributed by atoms with Crippen molar-refractivity contribution in [3.8, 4) is 0 Å². The maximum atomic E-state index is 13.5. The molecule has 0 bridgehead atoms. The summed E-state index contributed by atoms with van der Waals surface area (Å²) in [4.78, 5) is 15.9. The molecule has 0 unspecified atom stereocenters. The number of halogens is 1. The molecule has 1 saturated heterocycles. The van der Waals surface area contributed by atoms with E-state index >= 15 is 0 Å². The van der Waals surface area contributed by atoms with E-state index in [0.717, 1.165) is 43.7 Å². The van der Waals surface area contributed by atoms with Gasteiger partial charge in [-0.2, -0.15) is 0 Å². The first-order valence-electron chi connectivity index (χ1n) is 7.60. The van der Waals surface area contributed by atoms with Crippen LogP contribution in [-0.4, -0.2) is 44.0 Å². The van der Waals surface area contributed by atoms with Gasteiger partial charge in [0.25, 0.3) is 0 Å². The summed E-state index contributed by atoms with van der Waals surface area (Å²) in [6.07, 6.45) is 1.97. The van der Waals surface area contributed by atoms with Crippen molar-refractivity contribution in [3.05, 3.63) is 29.6 Å². The number of benzene rings is 1. The van der Waals surface area contributed by atoms with Crippen molar-refractivity contribution in [1.82, 2.24) is 10.2 Å². The van der Waals surface area contributed by atoms with Gasteiger partial charge in [0.1, 0.15) is 5.82 Å². The van der Waals surface area contributed by atoms with Crippen LogP contribution in [0.25, 0.3) is 0 Å². The maximum absolute atomic E-state index is 13.5. The van der Waals surface area contributed by atoms with E-state index in [4.69, 9.17) is 0 Å². The highest BCUT2D eigenvalue weighted by Gasteiger charge is 2.21. The van der Waals surface area contributed by atoms with Crippen molar-refractivity contribution in [2.24, 2.45) is 0 Å². The normalized spacial score (nSPS) is 16.2. The Bertz CT molecular complexity index is 492. The molecule has 5 heteroatoms. The molecule has 0 aliphatic carbocycles. The Morgan fingerprint density at radius 2 is 2.14 bits per heavy atom. The SMILES string of the molecule is CCCNCc1cc(F)ccc1N1CCCN(C)C(=O)C1. The predicted molar refractivity (Wildman–Crippen MR) is 82.9 cm³/mol. The van der Waals surface area contributed by atoms with Crippen molar-refractivity contribution in [1.29, 1.82) is 0 Å². The first-order chi connectivity index (χ1) is 10.1. The third kappa shape index (κ3) is 4.17. The van der Waals surface area contributed by atoms with E-state index in [1.54, 1.807) is 17.0 Å². The van der Waals surface area contributed by atoms with Crippen LogP contribution < -0.4 is 10.2 Å². The first-order valence-corrected chi connectivity index (χ1v) is 7.60. The lowest BCUT2D eigenvalue weighted by molar-refractivity contribution is -0.127. The topological polar surface area (TPSA) is 35.6 Å². The van der Waals surface area contributed by atoms with Crippen LogP contribution in [0.3, 0.4) is 0 Å². The van der Waals surface area contributed by atoms with Crippen LogP contribution in [0, 0.1) is 5.82 Å². The van der Waals surface area contributed by atoms with Gasteiger partial charge in [0, 0.05) is 32.4 Å². The molecule has 116 valence electrons. The number of carbonyl (C=O) groups is 1. The zero-order valence-corrected chi connectivity index (χ0v) is 12.9. The second-order valence-electron chi connectivity index (χ2n) is 5.54. The smallest absolute Gasteiger partial charge is 0.241 e. The summed E-state index contributed by atoms with van der Waals surface area (Å²) in [6.45, 7) is 5.59. The van der Waals surface area contributed by atoms with Crippen LogP contribution in [-0.2, 0) is 11.3 Å². The molecule has 0 atom stereocenters. The number of likely N-dealkylation sites (N-methyl/N-ethyl adjacent to an activating group) is 1. The highest BCUT2D eigenvalue weighted by molar-refractivity contribution is 5.82. The Labute approximate surface area is 125 Å². The van der Waals surface area contributed by atoms with E-state index < -0.39 is 0 Å². The van der Waals surface area contributed by atoms with Gasteiger partial charge >= 0.3 is 0 Å². The number of carbonyl (C=O) groups excluding carboxylic acids is 1. The third-order valence-electron chi connectivity index (χ3n) is 3.80. The summed E-state index contributed by atoms with van der Waals surface area (Å²) in [6, 6.07) is 4.83. The summed E-state index contributed by atoms with van der Waals surface area (Å²) in [5, 5.41) is 3.30. The second kappa shape index (κ2) is 7.41. The van der Waals surface area contributed by atoms with Crippen molar-refractivity contribution in [2.45, 2.75) is 26.3 Å². The van der Waals surface area contributed by atoms with Gasteiger partial charge in [-0.3, -0.25) is 4.79 Å². The number of nitrogens with one attached hydrogen (secondary N) is 1. The summed E-state index contributed by atoms with van der Waals surface area (Å²) in [5.41, 5.74) is 1.88. The Balaban J connectivity index is 2.18. The van der Waals surface area contributed by atoms with Gasteiger partial charge in [-0.05, 0) is 43.1 Å². The average Bonchev–Trinajstić information content (AvgIpc) is 2.62. The third-order valence-corrected chi connectivity index (χ3v) is 3.80. The fraction of sp³-hybridized carbons (Fsp3) is 0.562. The molecule has 1 N–H and O–H groups in total. The number of rotatable bonds is 5. The molecule has 1 aliphatic heterocycles. The largest absolute Gasteiger partial charge is 0.362 e. The van der Waals surface area contributed by atoms with E-state index in [0.29, 0.717) is 13.1 Å². The van der Waals surface area contributed by atoms with E-state index in [-0.39, 0.29) is 11.7 Å². The highest BCUT2D eigenvalue weighted by Crippen LogP contribution is 2.23. The molecule has 1 aliphatic rings. The van der Waals surface area contributed by atoms with Gasteiger partial charge < -0.3 is 15.1 Å². The molecular weight excluding hydrogens is 269 g/mol. The molecule has 1 aromatic rings. The molecule has 0 spiro atoms. The van der Waals surface area contributed by atoms with E-state index in [1.165, 1.54) is 6.07 Å². The van der Waals surface area contributed by atoms with Gasteiger partial charge in [0.05, 0.1) is 6.54 Å². The van der Waals surface area contributed by atoms with Crippen LogP contribution in [0.1, 0.15) is 25.3 Å². The van der Waals surface area contributed by atoms with Gasteiger partial charge in [-0.1, -0.05) is 6.92 Å². The lowest BCUT2D eigenvalue weighted by atomic mass is 10.1. The lowest BCUT2D eigenvalue weighted by Crippen LogP contribution is -2.35. The molecule has 1 aromatic carbocycles. The molecule has 0 radical (unpaired) electrons. The van der Waals surface area contributed by atoms with E-state index in [2.05, 4.69) is 17.1 Å².